The van der Waals surface area contributed by atoms with E-state index >= 15 is 0 Å². The lowest BCUT2D eigenvalue weighted by molar-refractivity contribution is -0.119. The van der Waals surface area contributed by atoms with Gasteiger partial charge in [0.05, 0.1) is 28.6 Å². The molecule has 2 aliphatic rings. The van der Waals surface area contributed by atoms with Gasteiger partial charge in [0.15, 0.2) is 9.84 Å². The molecule has 1 atom stereocenters. The van der Waals surface area contributed by atoms with Crippen LogP contribution in [-0.2, 0) is 14.6 Å². The molecule has 0 saturated heterocycles. The summed E-state index contributed by atoms with van der Waals surface area (Å²) in [6.07, 6.45) is 1.94. The van der Waals surface area contributed by atoms with Gasteiger partial charge in [0.25, 0.3) is 0 Å². The third kappa shape index (κ3) is 3.64. The van der Waals surface area contributed by atoms with E-state index < -0.39 is 16.4 Å². The van der Waals surface area contributed by atoms with Crippen LogP contribution >= 0.6 is 0 Å². The monoisotopic (exact) mass is 400 g/mol. The van der Waals surface area contributed by atoms with Crippen molar-refractivity contribution in [3.8, 4) is 11.1 Å². The zero-order valence-electron chi connectivity index (χ0n) is 15.8. The van der Waals surface area contributed by atoms with Crippen LogP contribution in [-0.4, -0.2) is 44.4 Å². The molecule has 2 aromatic rings. The van der Waals surface area contributed by atoms with Crippen LogP contribution in [0.25, 0.3) is 11.1 Å². The number of anilines is 2. The summed E-state index contributed by atoms with van der Waals surface area (Å²) in [5.41, 5.74) is 3.63. The predicted molar refractivity (Wildman–Crippen MR) is 109 cm³/mol. The quantitative estimate of drug-likeness (QED) is 0.806. The highest BCUT2D eigenvalue weighted by molar-refractivity contribution is 7.91. The average molecular weight is 401 g/mol. The van der Waals surface area contributed by atoms with E-state index in [1.807, 2.05) is 23.1 Å². The van der Waals surface area contributed by atoms with Crippen molar-refractivity contribution >= 4 is 27.1 Å². The van der Waals surface area contributed by atoms with E-state index in [-0.39, 0.29) is 28.5 Å². The fourth-order valence-corrected chi connectivity index (χ4v) is 4.62. The number of hydrogen-bond acceptors (Lipinski definition) is 5. The largest absolute Gasteiger partial charge is 0.395 e. The van der Waals surface area contributed by atoms with E-state index in [1.54, 1.807) is 24.3 Å². The Labute approximate surface area is 165 Å². The second-order valence-electron chi connectivity index (χ2n) is 7.57. The average Bonchev–Trinajstić information content (AvgIpc) is 3.52. The number of amides is 1. The fourth-order valence-electron chi connectivity index (χ4n) is 3.59. The lowest BCUT2D eigenvalue weighted by atomic mass is 10.0. The fraction of sp³-hybridized carbons (Fsp3) is 0.381. The Bertz CT molecular complexity index is 998. The van der Waals surface area contributed by atoms with Crippen LogP contribution in [0.5, 0.6) is 0 Å². The Morgan fingerprint density at radius 2 is 1.82 bits per heavy atom. The van der Waals surface area contributed by atoms with E-state index in [0.29, 0.717) is 6.54 Å². The van der Waals surface area contributed by atoms with Crippen LogP contribution in [0.1, 0.15) is 19.8 Å². The molecule has 2 N–H and O–H groups in total. The summed E-state index contributed by atoms with van der Waals surface area (Å²) in [6.45, 7) is 2.31. The van der Waals surface area contributed by atoms with Gasteiger partial charge in [-0.2, -0.15) is 0 Å². The van der Waals surface area contributed by atoms with Crippen LogP contribution in [0, 0.1) is 5.92 Å². The van der Waals surface area contributed by atoms with Crippen LogP contribution in [0.2, 0.25) is 0 Å². The molecular formula is C21H24N2O4S. The molecule has 0 radical (unpaired) electrons. The van der Waals surface area contributed by atoms with Crippen LogP contribution in [0.15, 0.2) is 47.4 Å². The first-order valence-electron chi connectivity index (χ1n) is 9.55. The molecule has 0 aromatic heterocycles. The Kier molecular flexibility index (Phi) is 4.89. The van der Waals surface area contributed by atoms with Crippen molar-refractivity contribution in [3.05, 3.63) is 42.5 Å². The van der Waals surface area contributed by atoms with Gasteiger partial charge in [0.2, 0.25) is 5.91 Å². The maximum absolute atomic E-state index is 12.7. The summed E-state index contributed by atoms with van der Waals surface area (Å²) >= 11 is 0. The van der Waals surface area contributed by atoms with Crippen LogP contribution in [0.3, 0.4) is 0 Å². The van der Waals surface area contributed by atoms with Gasteiger partial charge < -0.3 is 15.3 Å². The molecule has 1 fully saturated rings. The molecule has 0 unspecified atom stereocenters. The summed E-state index contributed by atoms with van der Waals surface area (Å²) in [4.78, 5) is 14.8. The third-order valence-corrected chi connectivity index (χ3v) is 6.96. The first-order chi connectivity index (χ1) is 13.4. The highest BCUT2D eigenvalue weighted by atomic mass is 32.2. The number of nitrogens with one attached hydrogen (secondary N) is 1. The summed E-state index contributed by atoms with van der Waals surface area (Å²) in [6, 6.07) is 12.8. The minimum atomic E-state index is -3.47. The number of carbonyl (C=O) groups is 1. The number of benzene rings is 2. The SMILES string of the molecule is C[C@H]1CN(C(=O)C2CC2)c2cc(-c3ccc(S(=O)(=O)CCO)cc3)ccc2N1. The standard InChI is InChI=1S/C21H24N2O4S/c1-14-13-23(21(25)16-2-3-16)20-12-17(6-9-19(20)22-14)15-4-7-18(8-5-15)28(26,27)11-10-24/h4-9,12,14,16,22,24H,2-3,10-11,13H2,1H3/t14-/m0/s1. The number of aliphatic hydroxyl groups excluding tert-OH is 1. The molecule has 148 valence electrons. The maximum Gasteiger partial charge on any atom is 0.230 e. The molecule has 1 saturated carbocycles. The van der Waals surface area contributed by atoms with E-state index in [9.17, 15) is 13.2 Å². The third-order valence-electron chi connectivity index (χ3n) is 5.25. The molecule has 0 spiro atoms. The van der Waals surface area contributed by atoms with Crippen molar-refractivity contribution in [1.29, 1.82) is 0 Å². The zero-order chi connectivity index (χ0) is 19.9. The first kappa shape index (κ1) is 19.0. The van der Waals surface area contributed by atoms with Crippen molar-refractivity contribution in [2.45, 2.75) is 30.7 Å². The highest BCUT2D eigenvalue weighted by Crippen LogP contribution is 2.39. The van der Waals surface area contributed by atoms with Gasteiger partial charge in [-0.05, 0) is 55.2 Å². The lowest BCUT2D eigenvalue weighted by Gasteiger charge is -2.35. The normalized spacial score (nSPS) is 19.1. The van der Waals surface area contributed by atoms with Gasteiger partial charge in [-0.25, -0.2) is 8.42 Å². The molecule has 2 aromatic carbocycles. The smallest absolute Gasteiger partial charge is 0.230 e. The molecular weight excluding hydrogens is 376 g/mol. The lowest BCUT2D eigenvalue weighted by Crippen LogP contribution is -2.44. The summed E-state index contributed by atoms with van der Waals surface area (Å²) < 4.78 is 24.2. The summed E-state index contributed by atoms with van der Waals surface area (Å²) in [5.74, 6) is 0.0582. The second kappa shape index (κ2) is 7.22. The van der Waals surface area contributed by atoms with Crippen molar-refractivity contribution in [2.24, 2.45) is 5.92 Å². The second-order valence-corrected chi connectivity index (χ2v) is 9.68. The molecule has 1 aliphatic carbocycles. The highest BCUT2D eigenvalue weighted by Gasteiger charge is 2.36. The van der Waals surface area contributed by atoms with Gasteiger partial charge >= 0.3 is 0 Å². The molecule has 6 nitrogen and oxygen atoms in total. The molecule has 28 heavy (non-hydrogen) atoms. The van der Waals surface area contributed by atoms with Gasteiger partial charge in [-0.1, -0.05) is 18.2 Å². The maximum atomic E-state index is 12.7. The minimum Gasteiger partial charge on any atom is -0.395 e. The molecule has 1 heterocycles. The van der Waals surface area contributed by atoms with Gasteiger partial charge in [-0.3, -0.25) is 4.79 Å². The van der Waals surface area contributed by atoms with Gasteiger partial charge in [-0.15, -0.1) is 0 Å². The van der Waals surface area contributed by atoms with E-state index in [1.165, 1.54) is 0 Å². The number of aliphatic hydroxyl groups is 1. The Hall–Kier alpha value is -2.38. The van der Waals surface area contributed by atoms with Gasteiger partial charge in [0.1, 0.15) is 0 Å². The molecule has 4 rings (SSSR count). The van der Waals surface area contributed by atoms with Crippen LogP contribution in [0.4, 0.5) is 11.4 Å². The Morgan fingerprint density at radius 3 is 2.46 bits per heavy atom. The van der Waals surface area contributed by atoms with E-state index in [2.05, 4.69) is 12.2 Å². The van der Waals surface area contributed by atoms with Gasteiger partial charge in [0, 0.05) is 18.5 Å². The number of carbonyl (C=O) groups excluding carboxylic acids is 1. The molecule has 1 aliphatic heterocycles. The molecule has 7 heteroatoms. The molecule has 1 amide bonds. The zero-order valence-corrected chi connectivity index (χ0v) is 16.6. The number of sulfone groups is 1. The predicted octanol–water partition coefficient (Wildman–Crippen LogP) is 2.68. The molecule has 0 bridgehead atoms. The topological polar surface area (TPSA) is 86.7 Å². The van der Waals surface area contributed by atoms with Crippen molar-refractivity contribution in [1.82, 2.24) is 0 Å². The number of hydrogen-bond donors (Lipinski definition) is 2. The summed E-state index contributed by atoms with van der Waals surface area (Å²) in [7, 11) is -3.47. The summed E-state index contributed by atoms with van der Waals surface area (Å²) in [5, 5.41) is 12.4. The van der Waals surface area contributed by atoms with E-state index in [0.717, 1.165) is 35.3 Å². The number of fused-ring (bicyclic) bond motifs is 1. The number of rotatable bonds is 5. The van der Waals surface area contributed by atoms with Crippen molar-refractivity contribution < 1.29 is 18.3 Å². The Morgan fingerprint density at radius 1 is 1.14 bits per heavy atom. The van der Waals surface area contributed by atoms with E-state index in [4.69, 9.17) is 5.11 Å². The minimum absolute atomic E-state index is 0.151. The van der Waals surface area contributed by atoms with Crippen molar-refractivity contribution in [2.75, 3.05) is 29.1 Å². The van der Waals surface area contributed by atoms with Crippen LogP contribution < -0.4 is 10.2 Å². The Balaban J connectivity index is 1.66. The first-order valence-corrected chi connectivity index (χ1v) is 11.2. The van der Waals surface area contributed by atoms with Crippen molar-refractivity contribution in [3.63, 3.8) is 0 Å². The number of nitrogens with zero attached hydrogens (tertiary/aromatic N) is 1.